The second-order valence-corrected chi connectivity index (χ2v) is 6.94. The van der Waals surface area contributed by atoms with Crippen LogP contribution in [-0.4, -0.2) is 26.2 Å². The minimum absolute atomic E-state index is 0.0299. The molecule has 1 aliphatic heterocycles. The van der Waals surface area contributed by atoms with Gasteiger partial charge in [-0.3, -0.25) is 4.79 Å². The Balaban J connectivity index is 1.80. The van der Waals surface area contributed by atoms with E-state index in [1.165, 1.54) is 0 Å². The van der Waals surface area contributed by atoms with Crippen molar-refractivity contribution in [3.05, 3.63) is 53.6 Å². The van der Waals surface area contributed by atoms with Crippen LogP contribution in [0.3, 0.4) is 0 Å². The summed E-state index contributed by atoms with van der Waals surface area (Å²) in [7, 11) is 1.67. The topological polar surface area (TPSA) is 56.8 Å². The highest BCUT2D eigenvalue weighted by molar-refractivity contribution is 5.98. The average Bonchev–Trinajstić information content (AvgIpc) is 2.67. The lowest BCUT2D eigenvalue weighted by Gasteiger charge is -2.26. The molecule has 1 amide bonds. The van der Waals surface area contributed by atoms with Crippen molar-refractivity contribution in [1.82, 2.24) is 0 Å². The lowest BCUT2D eigenvalue weighted by molar-refractivity contribution is -0.120. The number of benzene rings is 2. The zero-order chi connectivity index (χ0) is 18.7. The van der Waals surface area contributed by atoms with Gasteiger partial charge in [-0.1, -0.05) is 18.2 Å². The van der Waals surface area contributed by atoms with Crippen LogP contribution in [0.4, 0.5) is 5.69 Å². The van der Waals surface area contributed by atoms with Gasteiger partial charge < -0.3 is 19.5 Å². The summed E-state index contributed by atoms with van der Waals surface area (Å²) < 4.78 is 16.5. The van der Waals surface area contributed by atoms with Gasteiger partial charge in [-0.2, -0.15) is 0 Å². The first-order valence-electron chi connectivity index (χ1n) is 8.76. The highest BCUT2D eigenvalue weighted by Gasteiger charge is 2.31. The zero-order valence-corrected chi connectivity index (χ0v) is 15.7. The van der Waals surface area contributed by atoms with E-state index in [1.54, 1.807) is 7.11 Å². The molecule has 1 N–H and O–H groups in total. The molecule has 138 valence electrons. The molecule has 0 radical (unpaired) electrons. The number of rotatable bonds is 5. The summed E-state index contributed by atoms with van der Waals surface area (Å²) in [5.41, 5.74) is 1.92. The molecule has 1 aliphatic rings. The first kappa shape index (κ1) is 18.3. The Morgan fingerprint density at radius 2 is 1.85 bits per heavy atom. The molecule has 0 spiro atoms. The third kappa shape index (κ3) is 3.68. The van der Waals surface area contributed by atoms with Crippen molar-refractivity contribution in [3.63, 3.8) is 0 Å². The standard InChI is InChI=1S/C21H25NO4/c1-14(24-4)15-6-5-7-17(12-15)22-20(23)21(2,3)16-8-9-18-19(13-16)26-11-10-25-18/h5-9,12-14H,10-11H2,1-4H3,(H,22,23). The minimum Gasteiger partial charge on any atom is -0.486 e. The van der Waals surface area contributed by atoms with Crippen molar-refractivity contribution < 1.29 is 19.0 Å². The Hall–Kier alpha value is -2.53. The fourth-order valence-electron chi connectivity index (χ4n) is 2.86. The van der Waals surface area contributed by atoms with Crippen LogP contribution in [0.5, 0.6) is 11.5 Å². The van der Waals surface area contributed by atoms with Crippen molar-refractivity contribution in [2.75, 3.05) is 25.6 Å². The third-order valence-electron chi connectivity index (χ3n) is 4.80. The molecular weight excluding hydrogens is 330 g/mol. The maximum Gasteiger partial charge on any atom is 0.234 e. The fourth-order valence-corrected chi connectivity index (χ4v) is 2.86. The van der Waals surface area contributed by atoms with Crippen LogP contribution < -0.4 is 14.8 Å². The monoisotopic (exact) mass is 355 g/mol. The molecule has 2 aromatic carbocycles. The number of hydrogen-bond acceptors (Lipinski definition) is 4. The van der Waals surface area contributed by atoms with Crippen molar-refractivity contribution in [3.8, 4) is 11.5 Å². The van der Waals surface area contributed by atoms with E-state index in [-0.39, 0.29) is 12.0 Å². The van der Waals surface area contributed by atoms with E-state index < -0.39 is 5.41 Å². The number of methoxy groups -OCH3 is 1. The van der Waals surface area contributed by atoms with Crippen LogP contribution in [0.2, 0.25) is 0 Å². The van der Waals surface area contributed by atoms with Crippen LogP contribution in [0, 0.1) is 0 Å². The van der Waals surface area contributed by atoms with E-state index in [4.69, 9.17) is 14.2 Å². The number of hydrogen-bond donors (Lipinski definition) is 1. The quantitative estimate of drug-likeness (QED) is 0.878. The molecule has 5 heteroatoms. The molecule has 0 saturated heterocycles. The number of carbonyl (C=O) groups excluding carboxylic acids is 1. The third-order valence-corrected chi connectivity index (χ3v) is 4.80. The Morgan fingerprint density at radius 1 is 1.12 bits per heavy atom. The van der Waals surface area contributed by atoms with Gasteiger partial charge in [-0.15, -0.1) is 0 Å². The minimum atomic E-state index is -0.723. The second-order valence-electron chi connectivity index (χ2n) is 6.94. The number of carbonyl (C=O) groups is 1. The molecule has 0 aliphatic carbocycles. The largest absolute Gasteiger partial charge is 0.486 e. The molecule has 5 nitrogen and oxygen atoms in total. The summed E-state index contributed by atoms with van der Waals surface area (Å²) in [4.78, 5) is 12.9. The maximum atomic E-state index is 12.9. The number of anilines is 1. The predicted molar refractivity (Wildman–Crippen MR) is 101 cm³/mol. The summed E-state index contributed by atoms with van der Waals surface area (Å²) in [6.45, 7) is 6.84. The molecule has 0 saturated carbocycles. The van der Waals surface area contributed by atoms with Gasteiger partial charge in [0.2, 0.25) is 5.91 Å². The van der Waals surface area contributed by atoms with E-state index in [1.807, 2.05) is 63.2 Å². The number of fused-ring (bicyclic) bond motifs is 1. The van der Waals surface area contributed by atoms with Gasteiger partial charge in [0.05, 0.1) is 11.5 Å². The Labute approximate surface area is 154 Å². The van der Waals surface area contributed by atoms with Crippen molar-refractivity contribution in [2.45, 2.75) is 32.3 Å². The van der Waals surface area contributed by atoms with Gasteiger partial charge in [-0.05, 0) is 56.2 Å². The van der Waals surface area contributed by atoms with Crippen LogP contribution in [0.15, 0.2) is 42.5 Å². The van der Waals surface area contributed by atoms with E-state index in [2.05, 4.69) is 5.32 Å². The number of amides is 1. The molecule has 3 rings (SSSR count). The fraction of sp³-hybridized carbons (Fsp3) is 0.381. The SMILES string of the molecule is COC(C)c1cccc(NC(=O)C(C)(C)c2ccc3c(c2)OCCO3)c1. The molecular formula is C21H25NO4. The summed E-state index contributed by atoms with van der Waals surface area (Å²) in [6.07, 6.45) is -0.0299. The highest BCUT2D eigenvalue weighted by Crippen LogP contribution is 2.35. The summed E-state index contributed by atoms with van der Waals surface area (Å²) >= 11 is 0. The molecule has 26 heavy (non-hydrogen) atoms. The van der Waals surface area contributed by atoms with E-state index in [0.29, 0.717) is 19.0 Å². The van der Waals surface area contributed by atoms with Gasteiger partial charge in [0.15, 0.2) is 11.5 Å². The lowest BCUT2D eigenvalue weighted by Crippen LogP contribution is -2.35. The smallest absolute Gasteiger partial charge is 0.234 e. The number of ether oxygens (including phenoxy) is 3. The molecule has 1 atom stereocenters. The lowest BCUT2D eigenvalue weighted by atomic mass is 9.83. The van der Waals surface area contributed by atoms with Crippen LogP contribution >= 0.6 is 0 Å². The summed E-state index contributed by atoms with van der Waals surface area (Å²) in [5, 5.41) is 3.01. The molecule has 0 bridgehead atoms. The first-order valence-corrected chi connectivity index (χ1v) is 8.76. The first-order chi connectivity index (χ1) is 12.4. The number of nitrogens with one attached hydrogen (secondary N) is 1. The Morgan fingerprint density at radius 3 is 2.58 bits per heavy atom. The summed E-state index contributed by atoms with van der Waals surface area (Å²) in [6, 6.07) is 13.4. The summed E-state index contributed by atoms with van der Waals surface area (Å²) in [5.74, 6) is 1.32. The molecule has 0 fully saturated rings. The van der Waals surface area contributed by atoms with Gasteiger partial charge in [0, 0.05) is 12.8 Å². The van der Waals surface area contributed by atoms with E-state index in [0.717, 1.165) is 22.6 Å². The predicted octanol–water partition coefficient (Wildman–Crippen LogP) is 4.08. The molecule has 0 aromatic heterocycles. The van der Waals surface area contributed by atoms with Crippen LogP contribution in [0.1, 0.15) is 38.0 Å². The van der Waals surface area contributed by atoms with Crippen LogP contribution in [-0.2, 0) is 14.9 Å². The second kappa shape index (κ2) is 7.38. The van der Waals surface area contributed by atoms with E-state index >= 15 is 0 Å². The Bertz CT molecular complexity index is 800. The van der Waals surface area contributed by atoms with Crippen molar-refractivity contribution >= 4 is 11.6 Å². The van der Waals surface area contributed by atoms with Crippen LogP contribution in [0.25, 0.3) is 0 Å². The van der Waals surface area contributed by atoms with Gasteiger partial charge in [-0.25, -0.2) is 0 Å². The molecule has 1 heterocycles. The van der Waals surface area contributed by atoms with Crippen molar-refractivity contribution in [2.24, 2.45) is 0 Å². The van der Waals surface area contributed by atoms with Crippen molar-refractivity contribution in [1.29, 1.82) is 0 Å². The molecule has 1 unspecified atom stereocenters. The average molecular weight is 355 g/mol. The van der Waals surface area contributed by atoms with E-state index in [9.17, 15) is 4.79 Å². The maximum absolute atomic E-state index is 12.9. The normalized spacial score (nSPS) is 14.6. The Kier molecular flexibility index (Phi) is 5.18. The molecule has 2 aromatic rings. The zero-order valence-electron chi connectivity index (χ0n) is 15.7. The highest BCUT2D eigenvalue weighted by atomic mass is 16.6. The van der Waals surface area contributed by atoms with Gasteiger partial charge in [0.1, 0.15) is 13.2 Å². The van der Waals surface area contributed by atoms with Gasteiger partial charge >= 0.3 is 0 Å². The van der Waals surface area contributed by atoms with Gasteiger partial charge in [0.25, 0.3) is 0 Å².